The van der Waals surface area contributed by atoms with Crippen LogP contribution in [0.1, 0.15) is 58.3 Å². The van der Waals surface area contributed by atoms with Gasteiger partial charge in [-0.2, -0.15) is 13.2 Å². The van der Waals surface area contributed by atoms with Gasteiger partial charge in [0.25, 0.3) is 0 Å². The molecule has 2 N–H and O–H groups in total. The van der Waals surface area contributed by atoms with Crippen molar-refractivity contribution in [2.75, 3.05) is 0 Å². The number of hydrogen-bond donors (Lipinski definition) is 1. The van der Waals surface area contributed by atoms with E-state index < -0.39 is 18.1 Å². The summed E-state index contributed by atoms with van der Waals surface area (Å²) in [4.78, 5) is 0. The fourth-order valence-electron chi connectivity index (χ4n) is 2.56. The molecule has 1 saturated carbocycles. The molecule has 1 aliphatic rings. The largest absolute Gasteiger partial charge is 0.390 e. The molecular weight excluding hydrogens is 215 g/mol. The minimum Gasteiger partial charge on any atom is -0.325 e. The first kappa shape index (κ1) is 13.8. The molecule has 1 fully saturated rings. The van der Waals surface area contributed by atoms with Gasteiger partial charge in [-0.25, -0.2) is 0 Å². The molecule has 0 aromatic carbocycles. The summed E-state index contributed by atoms with van der Waals surface area (Å²) in [6, 6.07) is 0. The summed E-state index contributed by atoms with van der Waals surface area (Å²) in [5, 5.41) is 0. The lowest BCUT2D eigenvalue weighted by molar-refractivity contribution is -0.146. The first-order chi connectivity index (χ1) is 7.29. The highest BCUT2D eigenvalue weighted by Gasteiger charge is 2.36. The van der Waals surface area contributed by atoms with Gasteiger partial charge < -0.3 is 5.73 Å². The van der Waals surface area contributed by atoms with Crippen LogP contribution in [-0.4, -0.2) is 11.7 Å². The maximum Gasteiger partial charge on any atom is 0.390 e. The zero-order valence-corrected chi connectivity index (χ0v) is 9.95. The van der Waals surface area contributed by atoms with E-state index in [-0.39, 0.29) is 0 Å². The van der Waals surface area contributed by atoms with Gasteiger partial charge in [0.2, 0.25) is 0 Å². The van der Waals surface area contributed by atoms with Crippen molar-refractivity contribution in [3.8, 4) is 0 Å². The minimum atomic E-state index is -4.14. The summed E-state index contributed by atoms with van der Waals surface area (Å²) in [6.45, 7) is 1.52. The number of rotatable bonds is 4. The smallest absolute Gasteiger partial charge is 0.325 e. The van der Waals surface area contributed by atoms with E-state index in [2.05, 4.69) is 0 Å². The quantitative estimate of drug-likeness (QED) is 0.785. The molecule has 0 spiro atoms. The van der Waals surface area contributed by atoms with Gasteiger partial charge in [0.1, 0.15) is 0 Å². The molecule has 0 bridgehead atoms. The molecule has 0 aliphatic heterocycles. The Bertz CT molecular complexity index is 205. The van der Waals surface area contributed by atoms with E-state index in [1.807, 2.05) is 0 Å². The molecular formula is C12H22F3N. The summed E-state index contributed by atoms with van der Waals surface area (Å²) in [6.07, 6.45) is 2.39. The zero-order chi connectivity index (χ0) is 12.2. The van der Waals surface area contributed by atoms with E-state index in [1.54, 1.807) is 0 Å². The maximum atomic E-state index is 12.2. The van der Waals surface area contributed by atoms with Gasteiger partial charge in [-0.05, 0) is 25.7 Å². The lowest BCUT2D eigenvalue weighted by Gasteiger charge is -2.29. The van der Waals surface area contributed by atoms with E-state index in [9.17, 15) is 13.2 Å². The highest BCUT2D eigenvalue weighted by atomic mass is 19.4. The molecule has 0 aromatic rings. The van der Waals surface area contributed by atoms with Crippen LogP contribution in [0.3, 0.4) is 0 Å². The summed E-state index contributed by atoms with van der Waals surface area (Å²) >= 11 is 0. The van der Waals surface area contributed by atoms with Crippen LogP contribution in [0.2, 0.25) is 0 Å². The Morgan fingerprint density at radius 1 is 1.12 bits per heavy atom. The molecule has 1 unspecified atom stereocenters. The van der Waals surface area contributed by atoms with Crippen molar-refractivity contribution in [1.29, 1.82) is 0 Å². The van der Waals surface area contributed by atoms with Gasteiger partial charge in [0, 0.05) is 5.54 Å². The third-order valence-corrected chi connectivity index (χ3v) is 3.45. The van der Waals surface area contributed by atoms with E-state index in [0.717, 1.165) is 6.42 Å². The van der Waals surface area contributed by atoms with Crippen LogP contribution in [0, 0.1) is 5.92 Å². The van der Waals surface area contributed by atoms with Crippen LogP contribution in [-0.2, 0) is 0 Å². The van der Waals surface area contributed by atoms with Crippen molar-refractivity contribution in [2.24, 2.45) is 11.7 Å². The lowest BCUT2D eigenvalue weighted by Crippen LogP contribution is -2.41. The van der Waals surface area contributed by atoms with E-state index in [1.165, 1.54) is 39.0 Å². The van der Waals surface area contributed by atoms with Crippen LogP contribution in [0.4, 0.5) is 13.2 Å². The van der Waals surface area contributed by atoms with Crippen LogP contribution in [0.25, 0.3) is 0 Å². The molecule has 1 nitrogen and oxygen atoms in total. The van der Waals surface area contributed by atoms with Crippen molar-refractivity contribution in [2.45, 2.75) is 70.0 Å². The molecule has 1 atom stereocenters. The van der Waals surface area contributed by atoms with E-state index in [4.69, 9.17) is 5.73 Å². The van der Waals surface area contributed by atoms with Crippen LogP contribution in [0.15, 0.2) is 0 Å². The van der Waals surface area contributed by atoms with Crippen molar-refractivity contribution < 1.29 is 13.2 Å². The van der Waals surface area contributed by atoms with Crippen molar-refractivity contribution in [3.05, 3.63) is 0 Å². The van der Waals surface area contributed by atoms with Gasteiger partial charge in [0.15, 0.2) is 0 Å². The van der Waals surface area contributed by atoms with E-state index in [0.29, 0.717) is 12.3 Å². The molecule has 0 radical (unpaired) electrons. The standard InChI is InChI=1S/C12H22F3N/c1-11(16,9-12(13,14)15)8-7-10-5-3-2-4-6-10/h10H,2-9,16H2,1H3. The predicted molar refractivity (Wildman–Crippen MR) is 59.1 cm³/mol. The Morgan fingerprint density at radius 3 is 2.19 bits per heavy atom. The molecule has 0 heterocycles. The van der Waals surface area contributed by atoms with Crippen molar-refractivity contribution in [3.63, 3.8) is 0 Å². The Kier molecular flexibility index (Phi) is 4.65. The summed E-state index contributed by atoms with van der Waals surface area (Å²) in [5.74, 6) is 0.602. The predicted octanol–water partition coefficient (Wildman–Crippen LogP) is 4.02. The van der Waals surface area contributed by atoms with Gasteiger partial charge in [0.05, 0.1) is 6.42 Å². The molecule has 0 saturated heterocycles. The number of halogens is 3. The minimum absolute atomic E-state index is 0.483. The van der Waals surface area contributed by atoms with Crippen LogP contribution in [0.5, 0.6) is 0 Å². The molecule has 1 rings (SSSR count). The summed E-state index contributed by atoms with van der Waals surface area (Å²) in [5.41, 5.74) is 4.61. The third kappa shape index (κ3) is 5.73. The Balaban J connectivity index is 2.29. The first-order valence-corrected chi connectivity index (χ1v) is 6.14. The van der Waals surface area contributed by atoms with Crippen molar-refractivity contribution in [1.82, 2.24) is 0 Å². The number of alkyl halides is 3. The summed E-state index contributed by atoms with van der Waals surface area (Å²) in [7, 11) is 0. The first-order valence-electron chi connectivity index (χ1n) is 6.14. The second-order valence-electron chi connectivity index (χ2n) is 5.49. The molecule has 16 heavy (non-hydrogen) atoms. The molecule has 4 heteroatoms. The third-order valence-electron chi connectivity index (χ3n) is 3.45. The fourth-order valence-corrected chi connectivity index (χ4v) is 2.56. The normalized spacial score (nSPS) is 23.1. The highest BCUT2D eigenvalue weighted by Crippen LogP contribution is 2.33. The maximum absolute atomic E-state index is 12.2. The average Bonchev–Trinajstić information content (AvgIpc) is 2.13. The monoisotopic (exact) mass is 237 g/mol. The Hall–Kier alpha value is -0.250. The van der Waals surface area contributed by atoms with Crippen LogP contribution >= 0.6 is 0 Å². The van der Waals surface area contributed by atoms with E-state index >= 15 is 0 Å². The van der Waals surface area contributed by atoms with Crippen molar-refractivity contribution >= 4 is 0 Å². The fraction of sp³-hybridized carbons (Fsp3) is 1.00. The molecule has 96 valence electrons. The van der Waals surface area contributed by atoms with Crippen LogP contribution < -0.4 is 5.73 Å². The SMILES string of the molecule is CC(N)(CCC1CCCCC1)CC(F)(F)F. The Labute approximate surface area is 95.6 Å². The second kappa shape index (κ2) is 5.39. The molecule has 1 aliphatic carbocycles. The van der Waals surface area contributed by atoms with Gasteiger partial charge in [-0.3, -0.25) is 0 Å². The van der Waals surface area contributed by atoms with Gasteiger partial charge in [-0.1, -0.05) is 32.1 Å². The van der Waals surface area contributed by atoms with Gasteiger partial charge in [-0.15, -0.1) is 0 Å². The zero-order valence-electron chi connectivity index (χ0n) is 9.95. The van der Waals surface area contributed by atoms with Gasteiger partial charge >= 0.3 is 6.18 Å². The summed E-state index contributed by atoms with van der Waals surface area (Å²) < 4.78 is 36.7. The molecule has 0 aromatic heterocycles. The second-order valence-corrected chi connectivity index (χ2v) is 5.49. The number of hydrogen-bond acceptors (Lipinski definition) is 1. The topological polar surface area (TPSA) is 26.0 Å². The lowest BCUT2D eigenvalue weighted by atomic mass is 9.82. The average molecular weight is 237 g/mol. The molecule has 0 amide bonds. The highest BCUT2D eigenvalue weighted by molar-refractivity contribution is 4.83. The number of nitrogens with two attached hydrogens (primary N) is 1. The Morgan fingerprint density at radius 2 is 1.69 bits per heavy atom.